The molecule has 0 amide bonds. The molecule has 0 saturated heterocycles. The van der Waals surface area contributed by atoms with Crippen molar-refractivity contribution in [3.8, 4) is 67.5 Å². The minimum atomic E-state index is -3.31. The maximum absolute atomic E-state index is 12.4. The fourth-order valence-electron chi connectivity index (χ4n) is 16.1. The molecular formula is C116H135Br2I3N4O17S4Si2. The molecule has 0 aliphatic carbocycles. The van der Waals surface area contributed by atoms with Crippen LogP contribution in [-0.2, 0) is 48.2 Å². The van der Waals surface area contributed by atoms with Crippen LogP contribution in [0.2, 0.25) is 10.1 Å². The number of rotatable bonds is 36. The van der Waals surface area contributed by atoms with Gasteiger partial charge in [-0.25, -0.2) is 43.6 Å². The van der Waals surface area contributed by atoms with Gasteiger partial charge in [-0.05, 0) is 343 Å². The van der Waals surface area contributed by atoms with Crippen molar-refractivity contribution in [2.75, 3.05) is 60.5 Å². The summed E-state index contributed by atoms with van der Waals surface area (Å²) in [6.45, 7) is 33.2. The quantitative estimate of drug-likeness (QED) is 0.0157. The first-order valence-corrected chi connectivity index (χ1v) is 64.1. The van der Waals surface area contributed by atoms with Crippen LogP contribution in [0.1, 0.15) is 134 Å². The Kier molecular flexibility index (Phi) is 47.2. The van der Waals surface area contributed by atoms with Gasteiger partial charge in [0.2, 0.25) is 0 Å². The van der Waals surface area contributed by atoms with E-state index in [1.807, 2.05) is 166 Å². The molecule has 21 nitrogen and oxygen atoms in total. The zero-order chi connectivity index (χ0) is 109. The molecule has 12 aromatic carbocycles. The highest BCUT2D eigenvalue weighted by atomic mass is 127. The van der Waals surface area contributed by atoms with Gasteiger partial charge in [0, 0.05) is 58.1 Å². The molecule has 4 atom stereocenters. The molecule has 0 aliphatic rings. The molecule has 0 aliphatic heterocycles. The van der Waals surface area contributed by atoms with Gasteiger partial charge in [-0.3, -0.25) is 0 Å². The maximum atomic E-state index is 12.4. The molecule has 0 spiro atoms. The fraction of sp³-hybridized carbons (Fsp3) is 0.293. The number of anilines is 3. The second-order valence-corrected chi connectivity index (χ2v) is 60.4. The number of aliphatic hydroxyl groups is 3. The number of phenolic OH excluding ortho intramolecular Hbond substituents is 1. The number of nitrogens with one attached hydrogen (secondary N) is 1. The number of phenols is 1. The number of ether oxygens (including phenoxy) is 3. The first-order valence-electron chi connectivity index (χ1n) is 48.8. The minimum absolute atomic E-state index is 0.00556. The third-order valence-corrected chi connectivity index (χ3v) is 45.0. The first kappa shape index (κ1) is 122. The molecule has 14 aromatic rings. The SMILES string of the molecule is CCS(=O)(=O)c1cccc(-c2ccc(O)c(I)c2)c1.CCS(=O)(=O)c1cccc(-c2ccc(O[C@H](C)CCO)c(I)c2)c1.CCS(=O)(=O)c1cccc(-c2ccc(O[C@H](C)CCO)c(Nc3ncc(C)cc3Br)c2)c1.CCS(=O)(=O)c1cccc(-c2ccc(O[C@H](C)CCO[Si](c3ccccc3)(c3ccccc3)C(C)(C)C)c(I)c2)c1.C[C@H](O)CCO[Si](c1ccccc1)(c1ccccc1)C(C)(C)C.Cc1cnc(N)c(Br)c1. The number of halogens is 5. The number of sulfone groups is 4. The Morgan fingerprint density at radius 3 is 0.973 bits per heavy atom. The summed E-state index contributed by atoms with van der Waals surface area (Å²) in [5.74, 6) is 3.89. The molecule has 148 heavy (non-hydrogen) atoms. The molecule has 32 heteroatoms. The number of benzene rings is 12. The Labute approximate surface area is 936 Å². The number of aromatic hydroxyl groups is 1. The average molecular weight is 2580 g/mol. The van der Waals surface area contributed by atoms with Crippen LogP contribution in [0, 0.1) is 24.6 Å². The zero-order valence-electron chi connectivity index (χ0n) is 86.4. The van der Waals surface area contributed by atoms with Crippen molar-refractivity contribution < 1.29 is 77.2 Å². The predicted molar refractivity (Wildman–Crippen MR) is 641 cm³/mol. The Hall–Kier alpha value is -9.08. The fourth-order valence-corrected chi connectivity index (χ4v) is 31.8. The van der Waals surface area contributed by atoms with E-state index < -0.39 is 56.0 Å². The van der Waals surface area contributed by atoms with Crippen molar-refractivity contribution in [2.45, 2.75) is 191 Å². The summed E-state index contributed by atoms with van der Waals surface area (Å²) in [6.07, 6.45) is 5.36. The van der Waals surface area contributed by atoms with E-state index >= 15 is 0 Å². The topological polar surface area (TPSA) is 327 Å². The first-order chi connectivity index (χ1) is 70.1. The number of aromatic nitrogens is 2. The molecule has 788 valence electrons. The lowest BCUT2D eigenvalue weighted by Crippen LogP contribution is -2.66. The standard InChI is InChI=1S/C34H39IO4SSi.C24H27BrN2O4S.C20H28O2Si.C18H21IO4S.C14H13IO3S.C6H7BrN2/c1-6-40(36,37)29-15-13-14-27(24-29)28-20-21-33(32(35)25-28)39-26(2)22-23-38-41(34(3,4)5,30-16-9-7-10-17-30)31-18-11-8-12-19-31;1-4-32(29,30)20-7-5-6-18(13-20)19-8-9-23(31-17(3)10-11-28)22(14-19)27-24-21(25)12-16(2)15-26-24;1-17(21)15-16-22-23(20(2,3)4,18-11-7-5-8-12-18)19-13-9-6-10-14-19;1-3-24(21,22)16-6-4-5-14(11-16)15-7-8-18(17(19)12-15)23-13(2)9-10-20;1-2-19(17,18)12-5-3-4-10(8-12)11-6-7-14(16)13(15)9-11;1-4-2-5(7)6(8)9-3-4/h7-21,24-26H,6,22-23H2,1-5H3;5-9,12-15,17,28H,4,10-11H2,1-3H3,(H,26,27);5-14,17,21H,15-16H2,1-4H3;4-8,11-13,20H,3,9-10H2,1-2H3;3-9,16H,2H2,1H3;2-3H,1H3,(H2,8,9)/t26-;2*17-;13-;;/m1101../s1. The number of nitrogen functional groups attached to an aromatic ring is 1. The van der Waals surface area contributed by atoms with Crippen molar-refractivity contribution in [3.63, 3.8) is 0 Å². The Morgan fingerprint density at radius 1 is 0.372 bits per heavy atom. The number of aryl methyl sites for hydroxylation is 2. The van der Waals surface area contributed by atoms with E-state index in [1.165, 1.54) is 20.7 Å². The third kappa shape index (κ3) is 34.5. The van der Waals surface area contributed by atoms with Crippen LogP contribution in [0.25, 0.3) is 44.5 Å². The average Bonchev–Trinajstić information content (AvgIpc) is 0.747. The molecule has 0 saturated carbocycles. The van der Waals surface area contributed by atoms with E-state index in [0.29, 0.717) is 75.1 Å². The number of pyridine rings is 2. The lowest BCUT2D eigenvalue weighted by molar-refractivity contribution is 0.152. The van der Waals surface area contributed by atoms with E-state index in [4.69, 9.17) is 33.9 Å². The van der Waals surface area contributed by atoms with Crippen LogP contribution in [0.4, 0.5) is 17.3 Å². The van der Waals surface area contributed by atoms with Crippen LogP contribution in [0.3, 0.4) is 0 Å². The number of nitrogens with zero attached hydrogens (tertiary/aromatic N) is 2. The van der Waals surface area contributed by atoms with Crippen LogP contribution in [0.5, 0.6) is 23.0 Å². The maximum Gasteiger partial charge on any atom is 0.261 e. The largest absolute Gasteiger partial charge is 0.507 e. The Bertz CT molecular complexity index is 7090. The van der Waals surface area contributed by atoms with Gasteiger partial charge in [0.1, 0.15) is 34.6 Å². The predicted octanol–water partition coefficient (Wildman–Crippen LogP) is 25.4. The second kappa shape index (κ2) is 57.0. The van der Waals surface area contributed by atoms with E-state index in [0.717, 1.165) is 93.2 Å². The van der Waals surface area contributed by atoms with Crippen molar-refractivity contribution in [1.29, 1.82) is 0 Å². The highest BCUT2D eigenvalue weighted by Crippen LogP contribution is 2.42. The van der Waals surface area contributed by atoms with Crippen LogP contribution < -0.4 is 46.0 Å². The second-order valence-electron chi connectivity index (χ2n) is 37.5. The number of nitrogens with two attached hydrogens (primary N) is 1. The zero-order valence-corrected chi connectivity index (χ0v) is 101. The minimum Gasteiger partial charge on any atom is -0.507 e. The lowest BCUT2D eigenvalue weighted by Gasteiger charge is -2.43. The number of aliphatic hydroxyl groups excluding tert-OH is 3. The summed E-state index contributed by atoms with van der Waals surface area (Å²) >= 11 is 13.3. The summed E-state index contributed by atoms with van der Waals surface area (Å²) in [5, 5.41) is 45.7. The van der Waals surface area contributed by atoms with Crippen molar-refractivity contribution in [1.82, 2.24) is 9.97 Å². The lowest BCUT2D eigenvalue weighted by atomic mass is 10.0. The molecule has 2 aromatic heterocycles. The van der Waals surface area contributed by atoms with Gasteiger partial charge in [-0.2, -0.15) is 0 Å². The molecule has 0 bridgehead atoms. The highest BCUT2D eigenvalue weighted by Gasteiger charge is 2.51. The van der Waals surface area contributed by atoms with Gasteiger partial charge in [0.15, 0.2) is 39.3 Å². The van der Waals surface area contributed by atoms with E-state index in [2.05, 4.69) is 250 Å². The van der Waals surface area contributed by atoms with Crippen molar-refractivity contribution in [3.05, 3.63) is 346 Å². The van der Waals surface area contributed by atoms with Gasteiger partial charge in [0.05, 0.1) is 92.4 Å². The third-order valence-electron chi connectivity index (χ3n) is 24.2. The van der Waals surface area contributed by atoms with Gasteiger partial charge < -0.3 is 54.5 Å². The Balaban J connectivity index is 0.000000206. The molecule has 2 heterocycles. The molecular weight excluding hydrogens is 2450 g/mol. The Morgan fingerprint density at radius 2 is 0.669 bits per heavy atom. The van der Waals surface area contributed by atoms with E-state index in [1.54, 1.807) is 125 Å². The normalized spacial score (nSPS) is 12.6. The molecule has 0 fully saturated rings. The molecule has 0 unspecified atom stereocenters. The van der Waals surface area contributed by atoms with Crippen molar-refractivity contribution in [2.24, 2.45) is 0 Å². The van der Waals surface area contributed by atoms with Gasteiger partial charge in [-0.15, -0.1) is 0 Å². The highest BCUT2D eigenvalue weighted by molar-refractivity contribution is 14.1. The van der Waals surface area contributed by atoms with Crippen molar-refractivity contribution >= 4 is 194 Å². The molecule has 7 N–H and O–H groups in total. The van der Waals surface area contributed by atoms with Crippen LogP contribution >= 0.6 is 99.6 Å². The smallest absolute Gasteiger partial charge is 0.261 e. The molecule has 0 radical (unpaired) electrons. The van der Waals surface area contributed by atoms with Crippen LogP contribution in [0.15, 0.2) is 344 Å². The van der Waals surface area contributed by atoms with E-state index in [9.17, 15) is 49.0 Å². The summed E-state index contributed by atoms with van der Waals surface area (Å²) in [7, 11) is -18.0. The summed E-state index contributed by atoms with van der Waals surface area (Å²) in [5.41, 5.74) is 15.2. The summed E-state index contributed by atoms with van der Waals surface area (Å²) in [6, 6.07) is 97.0. The van der Waals surface area contributed by atoms with E-state index in [-0.39, 0.29) is 76.5 Å². The van der Waals surface area contributed by atoms with Gasteiger partial charge in [0.25, 0.3) is 16.6 Å². The number of hydrogen-bond donors (Lipinski definition) is 6. The summed E-state index contributed by atoms with van der Waals surface area (Å²) < 4.78 is 133. The monoisotopic (exact) mass is 2580 g/mol. The summed E-state index contributed by atoms with van der Waals surface area (Å²) in [4.78, 5) is 9.68. The van der Waals surface area contributed by atoms with Crippen LogP contribution in [-0.4, -0.2) is 155 Å². The van der Waals surface area contributed by atoms with Gasteiger partial charge in [-0.1, -0.05) is 263 Å². The number of hydrogen-bond acceptors (Lipinski definition) is 21. The molecule has 14 rings (SSSR count). The van der Waals surface area contributed by atoms with Gasteiger partial charge >= 0.3 is 0 Å².